The minimum absolute atomic E-state index is 0.0472. The summed E-state index contributed by atoms with van der Waals surface area (Å²) in [7, 11) is -0.791. The Kier molecular flexibility index (Phi) is 3.93. The van der Waals surface area contributed by atoms with E-state index >= 15 is 0 Å². The molecule has 1 saturated carbocycles. The standard InChI is InChI=1S/C11H18N2O3S/c1-17(16)6-2-5-12-9-7-10(14)13(11(9)15)8-3-4-8/h8-9,12H,2-7H2,1H3. The zero-order chi connectivity index (χ0) is 12.4. The molecule has 1 heterocycles. The highest BCUT2D eigenvalue weighted by molar-refractivity contribution is 7.84. The molecule has 6 heteroatoms. The van der Waals surface area contributed by atoms with Crippen molar-refractivity contribution in [1.29, 1.82) is 0 Å². The lowest BCUT2D eigenvalue weighted by molar-refractivity contribution is -0.139. The van der Waals surface area contributed by atoms with Gasteiger partial charge in [-0.3, -0.25) is 18.7 Å². The summed E-state index contributed by atoms with van der Waals surface area (Å²) in [6, 6.07) is -0.182. The van der Waals surface area contributed by atoms with Crippen LogP contribution in [0.1, 0.15) is 25.7 Å². The molecule has 0 radical (unpaired) electrons. The van der Waals surface area contributed by atoms with Crippen molar-refractivity contribution in [2.75, 3.05) is 18.6 Å². The number of hydrogen-bond donors (Lipinski definition) is 1. The Morgan fingerprint density at radius 3 is 2.71 bits per heavy atom. The van der Waals surface area contributed by atoms with Gasteiger partial charge in [-0.25, -0.2) is 0 Å². The fourth-order valence-corrected chi connectivity index (χ4v) is 2.63. The molecular weight excluding hydrogens is 240 g/mol. The summed E-state index contributed by atoms with van der Waals surface area (Å²) in [6.45, 7) is 0.641. The second-order valence-electron chi connectivity index (χ2n) is 4.67. The quantitative estimate of drug-likeness (QED) is 0.522. The number of amides is 2. The van der Waals surface area contributed by atoms with Gasteiger partial charge in [0.05, 0.1) is 12.5 Å². The first kappa shape index (κ1) is 12.7. The van der Waals surface area contributed by atoms with Crippen LogP contribution in [0, 0.1) is 0 Å². The summed E-state index contributed by atoms with van der Waals surface area (Å²) in [5, 5.41) is 3.08. The van der Waals surface area contributed by atoms with Gasteiger partial charge < -0.3 is 5.32 Å². The predicted octanol–water partition coefficient (Wildman–Crippen LogP) is -0.365. The molecule has 17 heavy (non-hydrogen) atoms. The molecule has 96 valence electrons. The first-order valence-corrected chi connectivity index (χ1v) is 7.71. The second kappa shape index (κ2) is 5.27. The smallest absolute Gasteiger partial charge is 0.247 e. The van der Waals surface area contributed by atoms with Crippen molar-refractivity contribution in [2.24, 2.45) is 0 Å². The summed E-state index contributed by atoms with van der Waals surface area (Å²) < 4.78 is 10.9. The van der Waals surface area contributed by atoms with Crippen LogP contribution in [-0.2, 0) is 20.4 Å². The maximum absolute atomic E-state index is 11.9. The van der Waals surface area contributed by atoms with Gasteiger partial charge >= 0.3 is 0 Å². The second-order valence-corrected chi connectivity index (χ2v) is 6.23. The fraction of sp³-hybridized carbons (Fsp3) is 0.818. The summed E-state index contributed by atoms with van der Waals surface area (Å²) in [4.78, 5) is 25.0. The number of hydrogen-bond acceptors (Lipinski definition) is 4. The number of likely N-dealkylation sites (tertiary alicyclic amines) is 1. The number of carbonyl (C=O) groups is 2. The van der Waals surface area contributed by atoms with E-state index < -0.39 is 10.8 Å². The third-order valence-electron chi connectivity index (χ3n) is 3.09. The highest BCUT2D eigenvalue weighted by atomic mass is 32.2. The Labute approximate surface area is 103 Å². The van der Waals surface area contributed by atoms with E-state index in [1.54, 1.807) is 6.26 Å². The maximum Gasteiger partial charge on any atom is 0.247 e. The van der Waals surface area contributed by atoms with Gasteiger partial charge in [-0.1, -0.05) is 0 Å². The first-order valence-electron chi connectivity index (χ1n) is 5.99. The van der Waals surface area contributed by atoms with Crippen molar-refractivity contribution in [2.45, 2.75) is 37.8 Å². The molecule has 1 saturated heterocycles. The lowest BCUT2D eigenvalue weighted by Crippen LogP contribution is -2.40. The van der Waals surface area contributed by atoms with E-state index in [1.165, 1.54) is 4.90 Å². The van der Waals surface area contributed by atoms with E-state index in [9.17, 15) is 13.8 Å². The van der Waals surface area contributed by atoms with Gasteiger partial charge in [0.2, 0.25) is 11.8 Å². The van der Waals surface area contributed by atoms with E-state index in [4.69, 9.17) is 0 Å². The fourth-order valence-electron chi connectivity index (χ4n) is 2.08. The third kappa shape index (κ3) is 3.13. The maximum atomic E-state index is 11.9. The molecule has 5 nitrogen and oxygen atoms in total. The predicted molar refractivity (Wildman–Crippen MR) is 64.8 cm³/mol. The molecule has 2 aliphatic rings. The Hall–Kier alpha value is -0.750. The SMILES string of the molecule is CS(=O)CCCNC1CC(=O)N(C2CC2)C1=O. The molecule has 2 rings (SSSR count). The highest BCUT2D eigenvalue weighted by Gasteiger charge is 2.45. The average molecular weight is 258 g/mol. The normalized spacial score (nSPS) is 26.6. The summed E-state index contributed by atoms with van der Waals surface area (Å²) >= 11 is 0. The number of imide groups is 1. The zero-order valence-electron chi connectivity index (χ0n) is 9.98. The molecule has 0 bridgehead atoms. The molecule has 2 atom stereocenters. The van der Waals surface area contributed by atoms with Crippen LogP contribution < -0.4 is 5.32 Å². The lowest BCUT2D eigenvalue weighted by Gasteiger charge is -2.14. The number of nitrogens with zero attached hydrogens (tertiary/aromatic N) is 1. The van der Waals surface area contributed by atoms with Crippen LogP contribution in [0.3, 0.4) is 0 Å². The minimum atomic E-state index is -0.791. The van der Waals surface area contributed by atoms with Crippen molar-refractivity contribution < 1.29 is 13.8 Å². The number of nitrogens with one attached hydrogen (secondary N) is 1. The molecule has 0 spiro atoms. The summed E-state index contributed by atoms with van der Waals surface area (Å²) in [6.07, 6.45) is 4.63. The van der Waals surface area contributed by atoms with E-state index in [1.807, 2.05) is 0 Å². The van der Waals surface area contributed by atoms with Crippen LogP contribution in [-0.4, -0.2) is 51.6 Å². The van der Waals surface area contributed by atoms with Gasteiger partial charge in [0.25, 0.3) is 0 Å². The molecule has 2 fully saturated rings. The summed E-state index contributed by atoms with van der Waals surface area (Å²) in [5.41, 5.74) is 0. The van der Waals surface area contributed by atoms with Gasteiger partial charge in [-0.2, -0.15) is 0 Å². The monoisotopic (exact) mass is 258 g/mol. The van der Waals surface area contributed by atoms with Crippen LogP contribution in [0.5, 0.6) is 0 Å². The first-order chi connectivity index (χ1) is 8.09. The van der Waals surface area contributed by atoms with Crippen molar-refractivity contribution in [3.63, 3.8) is 0 Å². The van der Waals surface area contributed by atoms with Gasteiger partial charge in [0, 0.05) is 28.9 Å². The van der Waals surface area contributed by atoms with Crippen LogP contribution in [0.4, 0.5) is 0 Å². The molecular formula is C11H18N2O3S. The van der Waals surface area contributed by atoms with Crippen LogP contribution in [0.15, 0.2) is 0 Å². The van der Waals surface area contributed by atoms with Crippen molar-refractivity contribution >= 4 is 22.6 Å². The number of rotatable bonds is 6. The Bertz CT molecular complexity index is 355. The molecule has 1 aliphatic heterocycles. The van der Waals surface area contributed by atoms with Crippen LogP contribution in [0.25, 0.3) is 0 Å². The van der Waals surface area contributed by atoms with Crippen molar-refractivity contribution in [3.8, 4) is 0 Å². The molecule has 0 aromatic rings. The molecule has 0 aromatic heterocycles. The van der Waals surface area contributed by atoms with E-state index in [-0.39, 0.29) is 30.3 Å². The van der Waals surface area contributed by atoms with E-state index in [2.05, 4.69) is 5.32 Å². The molecule has 1 N–H and O–H groups in total. The largest absolute Gasteiger partial charge is 0.305 e. The Morgan fingerprint density at radius 2 is 2.12 bits per heavy atom. The van der Waals surface area contributed by atoms with Crippen LogP contribution in [0.2, 0.25) is 0 Å². The van der Waals surface area contributed by atoms with Gasteiger partial charge in [0.1, 0.15) is 0 Å². The molecule has 2 unspecified atom stereocenters. The van der Waals surface area contributed by atoms with Crippen LogP contribution >= 0.6 is 0 Å². The van der Waals surface area contributed by atoms with Gasteiger partial charge in [0.15, 0.2) is 0 Å². The van der Waals surface area contributed by atoms with E-state index in [0.717, 1.165) is 19.3 Å². The third-order valence-corrected chi connectivity index (χ3v) is 3.96. The van der Waals surface area contributed by atoms with Crippen molar-refractivity contribution in [1.82, 2.24) is 10.2 Å². The molecule has 2 amide bonds. The Morgan fingerprint density at radius 1 is 1.41 bits per heavy atom. The van der Waals surface area contributed by atoms with Gasteiger partial charge in [-0.15, -0.1) is 0 Å². The lowest BCUT2D eigenvalue weighted by atomic mass is 10.2. The summed E-state index contributed by atoms with van der Waals surface area (Å²) in [5.74, 6) is 0.512. The number of carbonyl (C=O) groups excluding carboxylic acids is 2. The average Bonchev–Trinajstić information content (AvgIpc) is 3.02. The van der Waals surface area contributed by atoms with Crippen molar-refractivity contribution in [3.05, 3.63) is 0 Å². The zero-order valence-corrected chi connectivity index (χ0v) is 10.8. The van der Waals surface area contributed by atoms with E-state index in [0.29, 0.717) is 12.3 Å². The Balaban J connectivity index is 1.76. The molecule has 1 aliphatic carbocycles. The van der Waals surface area contributed by atoms with Gasteiger partial charge in [-0.05, 0) is 25.8 Å². The highest BCUT2D eigenvalue weighted by Crippen LogP contribution is 2.31. The minimum Gasteiger partial charge on any atom is -0.305 e. The topological polar surface area (TPSA) is 66.5 Å². The molecule has 0 aromatic carbocycles.